The summed E-state index contributed by atoms with van der Waals surface area (Å²) in [6.07, 6.45) is 6.73. The second-order valence-corrected chi connectivity index (χ2v) is 18.9. The van der Waals surface area contributed by atoms with Crippen LogP contribution in [0.15, 0.2) is 218 Å². The number of anilines is 6. The SMILES string of the molecule is c1ccc2c(N(c3ccc(C4(c5ccc(N(c6cccc7ccccc67)c6cccc7ccccc67)cc5)C5CC6CC(C5)CC4C6)cc3)c3cccc4ccccc34)cccc2c1. The summed E-state index contributed by atoms with van der Waals surface area (Å²) in [5, 5.41) is 9.99. The van der Waals surface area contributed by atoms with Crippen LogP contribution < -0.4 is 9.80 Å². The summed E-state index contributed by atoms with van der Waals surface area (Å²) in [6, 6.07) is 82.0. The van der Waals surface area contributed by atoms with E-state index in [2.05, 4.69) is 228 Å². The lowest BCUT2D eigenvalue weighted by Crippen LogP contribution is -2.56. The molecule has 2 nitrogen and oxygen atoms in total. The Bertz CT molecular complexity index is 2950. The second-order valence-electron chi connectivity index (χ2n) is 18.9. The predicted molar refractivity (Wildman–Crippen MR) is 270 cm³/mol. The monoisotopic (exact) mass is 822 g/mol. The van der Waals surface area contributed by atoms with Crippen molar-refractivity contribution in [1.82, 2.24) is 0 Å². The largest absolute Gasteiger partial charge is 0.309 e. The van der Waals surface area contributed by atoms with E-state index in [-0.39, 0.29) is 5.41 Å². The molecule has 10 aromatic carbocycles. The van der Waals surface area contributed by atoms with Crippen molar-refractivity contribution in [2.45, 2.75) is 37.5 Å². The molecule has 4 saturated carbocycles. The normalized spacial score (nSPS) is 19.7. The fraction of sp³-hybridized carbons (Fsp3) is 0.161. The Labute approximate surface area is 376 Å². The Hall–Kier alpha value is -7.16. The number of rotatable bonds is 8. The first-order valence-corrected chi connectivity index (χ1v) is 23.4. The zero-order valence-electron chi connectivity index (χ0n) is 36.0. The molecule has 0 amide bonds. The summed E-state index contributed by atoms with van der Waals surface area (Å²) in [4.78, 5) is 5.00. The van der Waals surface area contributed by atoms with Crippen LogP contribution in [0.1, 0.15) is 43.2 Å². The van der Waals surface area contributed by atoms with Crippen molar-refractivity contribution >= 4 is 77.2 Å². The van der Waals surface area contributed by atoms with Gasteiger partial charge < -0.3 is 9.80 Å². The molecule has 4 aliphatic rings. The average Bonchev–Trinajstić information content (AvgIpc) is 3.35. The molecule has 0 aromatic heterocycles. The highest BCUT2D eigenvalue weighted by molar-refractivity contribution is 6.06. The van der Waals surface area contributed by atoms with E-state index in [1.54, 1.807) is 0 Å². The van der Waals surface area contributed by atoms with E-state index >= 15 is 0 Å². The molecule has 4 aliphatic carbocycles. The molecular weight excluding hydrogens is 773 g/mol. The maximum Gasteiger partial charge on any atom is 0.0540 e. The predicted octanol–water partition coefficient (Wildman–Crippen LogP) is 17.0. The van der Waals surface area contributed by atoms with Crippen molar-refractivity contribution in [3.63, 3.8) is 0 Å². The standard InChI is InChI=1S/C62H50N2/c1-5-21-54-44(13-1)17-9-25-58(54)63(59-26-10-18-45-14-2-6-22-55(45)59)52-33-29-48(30-34-52)62(50-38-42-37-43(40-50)41-51(62)39-42)49-31-35-53(36-32-49)64(60-27-11-19-46-15-3-7-23-56(46)60)61-28-12-20-47-16-4-8-24-57(47)61/h1-36,42-43,50-51H,37-41H2. The molecule has 0 radical (unpaired) electrons. The maximum absolute atomic E-state index is 2.52. The molecule has 0 saturated heterocycles. The van der Waals surface area contributed by atoms with Crippen LogP contribution in [0.2, 0.25) is 0 Å². The van der Waals surface area contributed by atoms with Gasteiger partial charge >= 0.3 is 0 Å². The summed E-state index contributed by atoms with van der Waals surface area (Å²) in [7, 11) is 0. The zero-order chi connectivity index (χ0) is 42.2. The first-order chi connectivity index (χ1) is 31.7. The van der Waals surface area contributed by atoms with Crippen LogP contribution in [0, 0.1) is 23.7 Å². The Morgan fingerprint density at radius 1 is 0.281 bits per heavy atom. The van der Waals surface area contributed by atoms with Crippen molar-refractivity contribution in [2.75, 3.05) is 9.80 Å². The lowest BCUT2D eigenvalue weighted by Gasteiger charge is -2.62. The van der Waals surface area contributed by atoms with E-state index in [1.807, 2.05) is 0 Å². The molecule has 0 aliphatic heterocycles. The first-order valence-electron chi connectivity index (χ1n) is 23.4. The van der Waals surface area contributed by atoms with Gasteiger partial charge in [0.05, 0.1) is 22.7 Å². The highest BCUT2D eigenvalue weighted by Crippen LogP contribution is 2.65. The second kappa shape index (κ2) is 15.0. The minimum atomic E-state index is -0.0437. The number of nitrogens with zero attached hydrogens (tertiary/aromatic N) is 2. The van der Waals surface area contributed by atoms with Crippen LogP contribution >= 0.6 is 0 Å². The number of hydrogen-bond donors (Lipinski definition) is 0. The van der Waals surface area contributed by atoms with Gasteiger partial charge in [-0.25, -0.2) is 0 Å². The van der Waals surface area contributed by atoms with Crippen molar-refractivity contribution in [3.05, 3.63) is 230 Å². The Kier molecular flexibility index (Phi) is 8.76. The van der Waals surface area contributed by atoms with E-state index in [9.17, 15) is 0 Å². The van der Waals surface area contributed by atoms with E-state index in [0.29, 0.717) is 11.8 Å². The van der Waals surface area contributed by atoms with Gasteiger partial charge in [-0.1, -0.05) is 170 Å². The van der Waals surface area contributed by atoms with Crippen molar-refractivity contribution < 1.29 is 0 Å². The van der Waals surface area contributed by atoms with Crippen molar-refractivity contribution in [1.29, 1.82) is 0 Å². The van der Waals surface area contributed by atoms with Crippen LogP contribution in [0.25, 0.3) is 43.1 Å². The summed E-state index contributed by atoms with van der Waals surface area (Å²) in [5.74, 6) is 2.96. The van der Waals surface area contributed by atoms with Crippen LogP contribution in [-0.2, 0) is 5.41 Å². The first kappa shape index (κ1) is 37.4. The molecule has 4 fully saturated rings. The molecule has 0 spiro atoms. The Morgan fingerprint density at radius 3 is 0.875 bits per heavy atom. The number of hydrogen-bond acceptors (Lipinski definition) is 2. The summed E-state index contributed by atoms with van der Waals surface area (Å²) in [5.41, 5.74) is 10.1. The third-order valence-electron chi connectivity index (χ3n) is 15.7. The molecule has 10 aromatic rings. The van der Waals surface area contributed by atoms with E-state index in [4.69, 9.17) is 0 Å². The zero-order valence-corrected chi connectivity index (χ0v) is 36.0. The quantitative estimate of drug-likeness (QED) is 0.151. The molecule has 64 heavy (non-hydrogen) atoms. The van der Waals surface area contributed by atoms with Crippen LogP contribution in [0.4, 0.5) is 34.1 Å². The van der Waals surface area contributed by atoms with Gasteiger partial charge in [0, 0.05) is 38.3 Å². The maximum atomic E-state index is 2.52. The van der Waals surface area contributed by atoms with E-state index in [1.165, 1.54) is 120 Å². The molecule has 0 N–H and O–H groups in total. The Balaban J connectivity index is 0.966. The molecule has 4 bridgehead atoms. The van der Waals surface area contributed by atoms with Crippen LogP contribution in [0.5, 0.6) is 0 Å². The lowest BCUT2D eigenvalue weighted by molar-refractivity contribution is -0.0418. The molecule has 0 heterocycles. The van der Waals surface area contributed by atoms with Gasteiger partial charge in [0.25, 0.3) is 0 Å². The molecular formula is C62H50N2. The van der Waals surface area contributed by atoms with Gasteiger partial charge in [0.1, 0.15) is 0 Å². The Morgan fingerprint density at radius 2 is 0.562 bits per heavy atom. The fourth-order valence-electron chi connectivity index (χ4n) is 13.2. The van der Waals surface area contributed by atoms with Gasteiger partial charge in [-0.3, -0.25) is 0 Å². The third-order valence-corrected chi connectivity index (χ3v) is 15.7. The van der Waals surface area contributed by atoms with Gasteiger partial charge in [0.15, 0.2) is 0 Å². The molecule has 308 valence electrons. The van der Waals surface area contributed by atoms with Crippen molar-refractivity contribution in [2.24, 2.45) is 23.7 Å². The summed E-state index contributed by atoms with van der Waals surface area (Å²) < 4.78 is 0. The summed E-state index contributed by atoms with van der Waals surface area (Å²) >= 11 is 0. The van der Waals surface area contributed by atoms with E-state index in [0.717, 1.165) is 11.8 Å². The van der Waals surface area contributed by atoms with E-state index < -0.39 is 0 Å². The average molecular weight is 823 g/mol. The minimum Gasteiger partial charge on any atom is -0.309 e. The van der Waals surface area contributed by atoms with Gasteiger partial charge in [0.2, 0.25) is 0 Å². The van der Waals surface area contributed by atoms with Crippen LogP contribution in [-0.4, -0.2) is 0 Å². The lowest BCUT2D eigenvalue weighted by atomic mass is 9.42. The highest BCUT2D eigenvalue weighted by atomic mass is 15.2. The van der Waals surface area contributed by atoms with Gasteiger partial charge in [-0.2, -0.15) is 0 Å². The topological polar surface area (TPSA) is 6.48 Å². The van der Waals surface area contributed by atoms with Crippen molar-refractivity contribution in [3.8, 4) is 0 Å². The molecule has 2 heteroatoms. The van der Waals surface area contributed by atoms with Gasteiger partial charge in [-0.15, -0.1) is 0 Å². The third kappa shape index (κ3) is 5.85. The minimum absolute atomic E-state index is 0.0437. The highest BCUT2D eigenvalue weighted by Gasteiger charge is 2.58. The van der Waals surface area contributed by atoms with Crippen LogP contribution in [0.3, 0.4) is 0 Å². The van der Waals surface area contributed by atoms with Gasteiger partial charge in [-0.05, 0) is 137 Å². The smallest absolute Gasteiger partial charge is 0.0540 e. The molecule has 0 unspecified atom stereocenters. The number of fused-ring (bicyclic) bond motifs is 4. The molecule has 0 atom stereocenters. The molecule has 14 rings (SSSR count). The fourth-order valence-corrected chi connectivity index (χ4v) is 13.2. The number of benzene rings is 10. The summed E-state index contributed by atoms with van der Waals surface area (Å²) in [6.45, 7) is 0.